The van der Waals surface area contributed by atoms with Gasteiger partial charge in [0, 0.05) is 17.5 Å². The molecule has 0 aromatic heterocycles. The standard InChI is InChI=1S/C13H18N2O/c1-4-13(2,3)15-9-8-10-11(14)6-5-7-12(10)16-15/h5-9H,4,14H2,1-3H3. The van der Waals surface area contributed by atoms with Gasteiger partial charge in [-0.1, -0.05) is 13.0 Å². The number of nitrogens with two attached hydrogens (primary N) is 1. The van der Waals surface area contributed by atoms with Crippen molar-refractivity contribution in [3.05, 3.63) is 30.0 Å². The van der Waals surface area contributed by atoms with Crippen molar-refractivity contribution in [3.63, 3.8) is 0 Å². The molecule has 86 valence electrons. The molecule has 0 spiro atoms. The Labute approximate surface area is 96.5 Å². The van der Waals surface area contributed by atoms with Crippen molar-refractivity contribution in [1.82, 2.24) is 5.06 Å². The van der Waals surface area contributed by atoms with Gasteiger partial charge in [0.25, 0.3) is 0 Å². The van der Waals surface area contributed by atoms with E-state index < -0.39 is 0 Å². The minimum absolute atomic E-state index is 0.0151. The summed E-state index contributed by atoms with van der Waals surface area (Å²) in [6.45, 7) is 6.44. The van der Waals surface area contributed by atoms with Crippen LogP contribution in [0.1, 0.15) is 32.8 Å². The molecule has 3 heteroatoms. The van der Waals surface area contributed by atoms with Crippen molar-refractivity contribution < 1.29 is 4.84 Å². The molecule has 1 aliphatic rings. The van der Waals surface area contributed by atoms with Gasteiger partial charge in [-0.25, -0.2) is 5.06 Å². The fourth-order valence-electron chi connectivity index (χ4n) is 1.58. The first kappa shape index (κ1) is 10.9. The lowest BCUT2D eigenvalue weighted by Gasteiger charge is -2.38. The van der Waals surface area contributed by atoms with Crippen LogP contribution < -0.4 is 10.6 Å². The second kappa shape index (κ2) is 3.74. The number of anilines is 1. The zero-order valence-corrected chi connectivity index (χ0v) is 10.0. The lowest BCUT2D eigenvalue weighted by atomic mass is 10.0. The number of nitrogen functional groups attached to an aromatic ring is 1. The summed E-state index contributed by atoms with van der Waals surface area (Å²) in [7, 11) is 0. The summed E-state index contributed by atoms with van der Waals surface area (Å²) in [4.78, 5) is 5.83. The summed E-state index contributed by atoms with van der Waals surface area (Å²) in [5.74, 6) is 0.823. The highest BCUT2D eigenvalue weighted by Gasteiger charge is 2.27. The van der Waals surface area contributed by atoms with Crippen molar-refractivity contribution in [1.29, 1.82) is 0 Å². The summed E-state index contributed by atoms with van der Waals surface area (Å²) in [6, 6.07) is 5.73. The second-order valence-electron chi connectivity index (χ2n) is 4.66. The largest absolute Gasteiger partial charge is 0.398 e. The van der Waals surface area contributed by atoms with Crippen molar-refractivity contribution in [2.75, 3.05) is 5.73 Å². The zero-order chi connectivity index (χ0) is 11.8. The highest BCUT2D eigenvalue weighted by molar-refractivity contribution is 5.71. The van der Waals surface area contributed by atoms with Crippen LogP contribution in [0.4, 0.5) is 5.69 Å². The van der Waals surface area contributed by atoms with Crippen LogP contribution in [0, 0.1) is 0 Å². The lowest BCUT2D eigenvalue weighted by molar-refractivity contribution is -0.0901. The Hall–Kier alpha value is -1.64. The molecule has 0 saturated heterocycles. The number of hydroxylamine groups is 2. The van der Waals surface area contributed by atoms with Gasteiger partial charge < -0.3 is 10.6 Å². The van der Waals surface area contributed by atoms with Crippen LogP contribution >= 0.6 is 0 Å². The monoisotopic (exact) mass is 218 g/mol. The van der Waals surface area contributed by atoms with Crippen LogP contribution in [0.25, 0.3) is 6.08 Å². The average Bonchev–Trinajstić information content (AvgIpc) is 2.29. The van der Waals surface area contributed by atoms with E-state index in [9.17, 15) is 0 Å². The number of hydrogen-bond donors (Lipinski definition) is 1. The summed E-state index contributed by atoms with van der Waals surface area (Å²) < 4.78 is 0. The molecule has 0 radical (unpaired) electrons. The molecule has 0 atom stereocenters. The van der Waals surface area contributed by atoms with Crippen molar-refractivity contribution in [2.45, 2.75) is 32.7 Å². The Kier molecular flexibility index (Phi) is 2.54. The van der Waals surface area contributed by atoms with Crippen molar-refractivity contribution >= 4 is 11.8 Å². The van der Waals surface area contributed by atoms with Gasteiger partial charge in [-0.2, -0.15) is 0 Å². The van der Waals surface area contributed by atoms with Crippen LogP contribution in [-0.2, 0) is 0 Å². The summed E-state index contributed by atoms with van der Waals surface area (Å²) in [6.07, 6.45) is 4.96. The molecular formula is C13H18N2O. The summed E-state index contributed by atoms with van der Waals surface area (Å²) in [5, 5.41) is 1.88. The first-order valence-corrected chi connectivity index (χ1v) is 5.58. The van der Waals surface area contributed by atoms with Gasteiger partial charge in [-0.05, 0) is 38.5 Å². The molecular weight excluding hydrogens is 200 g/mol. The Morgan fingerprint density at radius 2 is 2.12 bits per heavy atom. The Morgan fingerprint density at radius 3 is 2.81 bits per heavy atom. The number of rotatable bonds is 2. The van der Waals surface area contributed by atoms with Gasteiger partial charge in [-0.3, -0.25) is 0 Å². The van der Waals surface area contributed by atoms with Crippen molar-refractivity contribution in [2.24, 2.45) is 0 Å². The van der Waals surface area contributed by atoms with Gasteiger partial charge in [0.05, 0.1) is 5.54 Å². The molecule has 16 heavy (non-hydrogen) atoms. The third-order valence-corrected chi connectivity index (χ3v) is 3.13. The molecule has 1 aromatic rings. The molecule has 0 saturated carbocycles. The Morgan fingerprint density at radius 1 is 1.38 bits per heavy atom. The van der Waals surface area contributed by atoms with Crippen LogP contribution in [0.15, 0.2) is 24.4 Å². The second-order valence-corrected chi connectivity index (χ2v) is 4.66. The number of nitrogens with zero attached hydrogens (tertiary/aromatic N) is 1. The molecule has 1 heterocycles. The molecule has 0 unspecified atom stereocenters. The molecule has 3 nitrogen and oxygen atoms in total. The highest BCUT2D eigenvalue weighted by Crippen LogP contribution is 2.33. The van der Waals surface area contributed by atoms with Crippen LogP contribution in [0.2, 0.25) is 0 Å². The minimum atomic E-state index is -0.0151. The molecule has 0 amide bonds. The number of fused-ring (bicyclic) bond motifs is 1. The highest BCUT2D eigenvalue weighted by atomic mass is 16.7. The third kappa shape index (κ3) is 1.73. The van der Waals surface area contributed by atoms with E-state index in [1.54, 1.807) is 0 Å². The smallest absolute Gasteiger partial charge is 0.164 e. The van der Waals surface area contributed by atoms with E-state index in [1.165, 1.54) is 0 Å². The van der Waals surface area contributed by atoms with Gasteiger partial charge in [0.2, 0.25) is 0 Å². The van der Waals surface area contributed by atoms with E-state index in [2.05, 4.69) is 20.8 Å². The average molecular weight is 218 g/mol. The molecule has 0 aliphatic carbocycles. The van der Waals surface area contributed by atoms with E-state index in [4.69, 9.17) is 10.6 Å². The fourth-order valence-corrected chi connectivity index (χ4v) is 1.58. The molecule has 2 rings (SSSR count). The first-order valence-electron chi connectivity index (χ1n) is 5.58. The number of benzene rings is 1. The maximum absolute atomic E-state index is 5.88. The quantitative estimate of drug-likeness (QED) is 0.775. The molecule has 1 aliphatic heterocycles. The molecule has 0 fully saturated rings. The topological polar surface area (TPSA) is 38.5 Å². The number of hydrogen-bond acceptors (Lipinski definition) is 3. The maximum Gasteiger partial charge on any atom is 0.164 e. The molecule has 2 N–H and O–H groups in total. The molecule has 0 bridgehead atoms. The third-order valence-electron chi connectivity index (χ3n) is 3.13. The van der Waals surface area contributed by atoms with Crippen molar-refractivity contribution in [3.8, 4) is 5.75 Å². The normalized spacial score (nSPS) is 14.6. The lowest BCUT2D eigenvalue weighted by Crippen LogP contribution is -2.42. The van der Waals surface area contributed by atoms with Gasteiger partial charge in [0.1, 0.15) is 0 Å². The van der Waals surface area contributed by atoms with E-state index in [-0.39, 0.29) is 5.54 Å². The van der Waals surface area contributed by atoms with Crippen LogP contribution in [0.3, 0.4) is 0 Å². The SMILES string of the molecule is CCC(C)(C)N1C=Cc2c(N)cccc2O1. The fraction of sp³-hybridized carbons (Fsp3) is 0.385. The maximum atomic E-state index is 5.88. The first-order chi connectivity index (χ1) is 7.54. The predicted octanol–water partition coefficient (Wildman–Crippen LogP) is 3.04. The van der Waals surface area contributed by atoms with E-state index in [0.717, 1.165) is 23.4 Å². The van der Waals surface area contributed by atoms with Crippen LogP contribution in [-0.4, -0.2) is 10.6 Å². The summed E-state index contributed by atoms with van der Waals surface area (Å²) in [5.41, 5.74) is 7.58. The summed E-state index contributed by atoms with van der Waals surface area (Å²) >= 11 is 0. The Bertz CT molecular complexity index is 424. The van der Waals surface area contributed by atoms with E-state index in [0.29, 0.717) is 0 Å². The predicted molar refractivity (Wildman–Crippen MR) is 66.7 cm³/mol. The molecule has 1 aromatic carbocycles. The van der Waals surface area contributed by atoms with Crippen LogP contribution in [0.5, 0.6) is 5.75 Å². The van der Waals surface area contributed by atoms with Gasteiger partial charge in [0.15, 0.2) is 5.75 Å². The van der Waals surface area contributed by atoms with Gasteiger partial charge in [-0.15, -0.1) is 0 Å². The van der Waals surface area contributed by atoms with E-state index >= 15 is 0 Å². The Balaban J connectivity index is 2.32. The minimum Gasteiger partial charge on any atom is -0.398 e. The van der Waals surface area contributed by atoms with E-state index in [1.807, 2.05) is 35.5 Å². The zero-order valence-electron chi connectivity index (χ0n) is 10.0. The van der Waals surface area contributed by atoms with Gasteiger partial charge >= 0.3 is 0 Å².